The Kier molecular flexibility index (Phi) is 6.69. The van der Waals surface area contributed by atoms with Crippen LogP contribution in [0.4, 0.5) is 14.5 Å². The molecule has 1 heterocycles. The van der Waals surface area contributed by atoms with E-state index in [0.717, 1.165) is 42.2 Å². The molecule has 0 saturated heterocycles. The molecule has 0 N–H and O–H groups in total. The largest absolute Gasteiger partial charge is 0.487 e. The molecule has 0 spiro atoms. The van der Waals surface area contributed by atoms with E-state index in [-0.39, 0.29) is 23.1 Å². The number of anilines is 1. The van der Waals surface area contributed by atoms with E-state index in [1.54, 1.807) is 42.5 Å². The first-order valence-electron chi connectivity index (χ1n) is 10.4. The zero-order valence-electron chi connectivity index (χ0n) is 17.7. The second-order valence-electron chi connectivity index (χ2n) is 7.69. The smallest absolute Gasteiger partial charge is 0.282 e. The predicted molar refractivity (Wildman–Crippen MR) is 119 cm³/mol. The summed E-state index contributed by atoms with van der Waals surface area (Å²) >= 11 is 0. The lowest BCUT2D eigenvalue weighted by molar-refractivity contribution is 0.112. The van der Waals surface area contributed by atoms with Crippen LogP contribution in [0, 0.1) is 0 Å². The molecule has 2 aromatic carbocycles. The van der Waals surface area contributed by atoms with Crippen LogP contribution in [-0.4, -0.2) is 32.7 Å². The van der Waals surface area contributed by atoms with E-state index >= 15 is 0 Å². The van der Waals surface area contributed by atoms with E-state index in [1.165, 1.54) is 18.3 Å². The van der Waals surface area contributed by atoms with Crippen LogP contribution in [0.2, 0.25) is 0 Å². The van der Waals surface area contributed by atoms with Gasteiger partial charge in [-0.15, -0.1) is 0 Å². The van der Waals surface area contributed by atoms with Gasteiger partial charge >= 0.3 is 0 Å². The summed E-state index contributed by atoms with van der Waals surface area (Å²) in [6, 6.07) is 14.4. The summed E-state index contributed by atoms with van der Waals surface area (Å²) in [6.45, 7) is -0.945. The minimum atomic E-state index is -4.36. The van der Waals surface area contributed by atoms with Crippen LogP contribution >= 0.6 is 0 Å². The quantitative estimate of drug-likeness (QED) is 0.431. The molecule has 0 unspecified atom stereocenters. The summed E-state index contributed by atoms with van der Waals surface area (Å²) in [6.07, 6.45) is 1.57. The number of hydrogen-bond acceptors (Lipinski definition) is 5. The van der Waals surface area contributed by atoms with Crippen LogP contribution < -0.4 is 9.04 Å². The fourth-order valence-electron chi connectivity index (χ4n) is 3.82. The number of carbonyl (C=O) groups is 1. The van der Waals surface area contributed by atoms with Gasteiger partial charge in [-0.05, 0) is 60.2 Å². The third-order valence-corrected chi connectivity index (χ3v) is 7.14. The highest BCUT2D eigenvalue weighted by Gasteiger charge is 2.32. The van der Waals surface area contributed by atoms with Crippen LogP contribution in [0.25, 0.3) is 0 Å². The molecule has 0 bridgehead atoms. The molecule has 9 heteroatoms. The zero-order valence-corrected chi connectivity index (χ0v) is 18.5. The first-order valence-corrected chi connectivity index (χ1v) is 11.9. The molecule has 1 aromatic heterocycles. The highest BCUT2D eigenvalue weighted by atomic mass is 32.2. The van der Waals surface area contributed by atoms with Crippen molar-refractivity contribution in [1.82, 2.24) is 4.98 Å². The van der Waals surface area contributed by atoms with Gasteiger partial charge in [-0.25, -0.2) is 13.8 Å². The van der Waals surface area contributed by atoms with E-state index in [2.05, 4.69) is 4.98 Å². The number of benzene rings is 2. The number of halogens is 2. The molecule has 0 atom stereocenters. The van der Waals surface area contributed by atoms with Gasteiger partial charge in [-0.3, -0.25) is 9.10 Å². The molecular weight excluding hydrogens is 450 g/mol. The number of aldehydes is 1. The fourth-order valence-corrected chi connectivity index (χ4v) is 5.20. The minimum absolute atomic E-state index is 0.0612. The highest BCUT2D eigenvalue weighted by Crippen LogP contribution is 2.38. The lowest BCUT2D eigenvalue weighted by Gasteiger charge is -2.26. The topological polar surface area (TPSA) is 76.6 Å². The van der Waals surface area contributed by atoms with Crippen molar-refractivity contribution in [2.45, 2.75) is 37.3 Å². The number of aryl methyl sites for hydroxylation is 2. The summed E-state index contributed by atoms with van der Waals surface area (Å²) in [5.41, 5.74) is 3.26. The summed E-state index contributed by atoms with van der Waals surface area (Å²) < 4.78 is 60.4. The van der Waals surface area contributed by atoms with Crippen molar-refractivity contribution in [3.8, 4) is 5.75 Å². The number of nitrogens with zero attached hydrogens (tertiary/aromatic N) is 2. The van der Waals surface area contributed by atoms with Gasteiger partial charge in [0, 0.05) is 11.8 Å². The van der Waals surface area contributed by atoms with Crippen LogP contribution in [0.15, 0.2) is 65.8 Å². The van der Waals surface area contributed by atoms with E-state index < -0.39 is 23.0 Å². The van der Waals surface area contributed by atoms with E-state index in [0.29, 0.717) is 9.87 Å². The van der Waals surface area contributed by atoms with E-state index in [9.17, 15) is 22.0 Å². The number of pyridine rings is 1. The monoisotopic (exact) mass is 472 g/mol. The molecule has 0 fully saturated rings. The molecule has 0 aliphatic heterocycles. The molecule has 4 rings (SSSR count). The average molecular weight is 473 g/mol. The van der Waals surface area contributed by atoms with Crippen LogP contribution in [0.5, 0.6) is 5.75 Å². The van der Waals surface area contributed by atoms with Gasteiger partial charge in [0.15, 0.2) is 5.03 Å². The Bertz CT molecular complexity index is 1230. The van der Waals surface area contributed by atoms with E-state index in [4.69, 9.17) is 4.74 Å². The first kappa shape index (κ1) is 22.8. The third kappa shape index (κ3) is 5.03. The maximum Gasteiger partial charge on any atom is 0.282 e. The van der Waals surface area contributed by atoms with Crippen molar-refractivity contribution in [2.24, 2.45) is 0 Å². The van der Waals surface area contributed by atoms with Crippen molar-refractivity contribution < 1.29 is 26.7 Å². The van der Waals surface area contributed by atoms with Crippen molar-refractivity contribution in [1.29, 1.82) is 0 Å². The Balaban J connectivity index is 1.75. The Hall–Kier alpha value is -3.33. The summed E-state index contributed by atoms with van der Waals surface area (Å²) in [7, 11) is -4.36. The number of rotatable bonds is 9. The molecule has 0 saturated carbocycles. The minimum Gasteiger partial charge on any atom is -0.487 e. The second kappa shape index (κ2) is 9.66. The zero-order chi connectivity index (χ0) is 23.4. The van der Waals surface area contributed by atoms with Crippen LogP contribution in [0.3, 0.4) is 0 Å². The van der Waals surface area contributed by atoms with Gasteiger partial charge in [0.2, 0.25) is 0 Å². The number of aromatic nitrogens is 1. The summed E-state index contributed by atoms with van der Waals surface area (Å²) in [4.78, 5) is 14.7. The fraction of sp³-hybridized carbons (Fsp3) is 0.250. The molecule has 3 aromatic rings. The molecule has 172 valence electrons. The highest BCUT2D eigenvalue weighted by molar-refractivity contribution is 7.92. The number of hydrogen-bond donors (Lipinski definition) is 0. The third-order valence-electron chi connectivity index (χ3n) is 5.45. The summed E-state index contributed by atoms with van der Waals surface area (Å²) in [5, 5.41) is -0.318. The molecular formula is C24H22F2N2O4S. The molecule has 1 aliphatic rings. The molecule has 0 amide bonds. The standard InChI is InChI=1S/C24H22F2N2O4S/c25-23(26)14-28(33(30,31)24-6-1-2-11-27-24)21-12-19-4-3-5-20(19)13-22(21)32-16-18-9-7-17(15-29)8-10-18/h1-2,6-13,15,23H,3-5,14,16H2. The van der Waals surface area contributed by atoms with Crippen molar-refractivity contribution >= 4 is 22.0 Å². The maximum atomic E-state index is 13.5. The lowest BCUT2D eigenvalue weighted by Crippen LogP contribution is -2.36. The van der Waals surface area contributed by atoms with Crippen LogP contribution in [0.1, 0.15) is 33.5 Å². The van der Waals surface area contributed by atoms with Gasteiger partial charge in [0.05, 0.1) is 12.2 Å². The number of ether oxygens (including phenoxy) is 1. The number of fused-ring (bicyclic) bond motifs is 1. The SMILES string of the molecule is O=Cc1ccc(COc2cc3c(cc2N(CC(F)F)S(=O)(=O)c2ccccn2)CCC3)cc1. The molecule has 6 nitrogen and oxygen atoms in total. The van der Waals surface area contributed by atoms with Crippen LogP contribution in [-0.2, 0) is 29.5 Å². The first-order chi connectivity index (χ1) is 15.9. The van der Waals surface area contributed by atoms with Crippen molar-refractivity contribution in [3.05, 3.63) is 83.0 Å². The van der Waals surface area contributed by atoms with E-state index in [1.807, 2.05) is 0 Å². The Morgan fingerprint density at radius 3 is 2.42 bits per heavy atom. The predicted octanol–water partition coefficient (Wildman–Crippen LogP) is 4.42. The van der Waals surface area contributed by atoms with Gasteiger partial charge in [-0.1, -0.05) is 30.3 Å². The second-order valence-corrected chi connectivity index (χ2v) is 9.49. The van der Waals surface area contributed by atoms with Crippen molar-refractivity contribution in [2.75, 3.05) is 10.8 Å². The average Bonchev–Trinajstić information content (AvgIpc) is 3.29. The molecule has 1 aliphatic carbocycles. The Morgan fingerprint density at radius 2 is 1.79 bits per heavy atom. The lowest BCUT2D eigenvalue weighted by atomic mass is 10.1. The normalized spacial score (nSPS) is 13.1. The Morgan fingerprint density at radius 1 is 1.06 bits per heavy atom. The van der Waals surface area contributed by atoms with Gasteiger partial charge in [0.1, 0.15) is 18.6 Å². The molecule has 33 heavy (non-hydrogen) atoms. The number of sulfonamides is 1. The van der Waals surface area contributed by atoms with Crippen molar-refractivity contribution in [3.63, 3.8) is 0 Å². The maximum absolute atomic E-state index is 13.5. The van der Waals surface area contributed by atoms with Gasteiger partial charge in [-0.2, -0.15) is 8.42 Å². The molecule has 0 radical (unpaired) electrons. The number of alkyl halides is 2. The van der Waals surface area contributed by atoms with Gasteiger partial charge in [0.25, 0.3) is 16.4 Å². The number of carbonyl (C=O) groups excluding carboxylic acids is 1. The summed E-state index contributed by atoms with van der Waals surface area (Å²) in [5.74, 6) is 0.204. The van der Waals surface area contributed by atoms with Gasteiger partial charge < -0.3 is 4.74 Å². The Labute approximate surface area is 190 Å².